The molecule has 7 nitrogen and oxygen atoms in total. The summed E-state index contributed by atoms with van der Waals surface area (Å²) in [7, 11) is 0. The van der Waals surface area contributed by atoms with Crippen LogP contribution in [-0.4, -0.2) is 33.9 Å². The Morgan fingerprint density at radius 1 is 1.14 bits per heavy atom. The Kier molecular flexibility index (Phi) is 4.73. The van der Waals surface area contributed by atoms with Crippen LogP contribution in [0.2, 0.25) is 0 Å². The fraction of sp³-hybridized carbons (Fsp3) is 0.286. The van der Waals surface area contributed by atoms with E-state index >= 15 is 0 Å². The number of ether oxygens (including phenoxy) is 2. The molecule has 0 fully saturated rings. The van der Waals surface area contributed by atoms with E-state index in [2.05, 4.69) is 15.4 Å². The van der Waals surface area contributed by atoms with Crippen molar-refractivity contribution in [2.24, 2.45) is 0 Å². The second kappa shape index (κ2) is 7.34. The van der Waals surface area contributed by atoms with Gasteiger partial charge in [-0.1, -0.05) is 18.2 Å². The molecule has 28 heavy (non-hydrogen) atoms. The van der Waals surface area contributed by atoms with Crippen molar-refractivity contribution in [3.05, 3.63) is 66.2 Å². The van der Waals surface area contributed by atoms with Crippen LogP contribution in [0.4, 0.5) is 0 Å². The van der Waals surface area contributed by atoms with Gasteiger partial charge in [0.15, 0.2) is 11.5 Å². The highest BCUT2D eigenvalue weighted by molar-refractivity contribution is 5.87. The molecule has 1 aliphatic rings. The van der Waals surface area contributed by atoms with Crippen LogP contribution in [0.3, 0.4) is 0 Å². The largest absolute Gasteiger partial charge is 0.486 e. The molecule has 4 rings (SSSR count). The quantitative estimate of drug-likeness (QED) is 0.738. The summed E-state index contributed by atoms with van der Waals surface area (Å²) in [5.74, 6) is 1.34. The molecule has 0 saturated heterocycles. The first kappa shape index (κ1) is 18.0. The molecule has 7 heteroatoms. The lowest BCUT2D eigenvalue weighted by atomic mass is 9.83. The molecule has 3 aromatic rings. The highest BCUT2D eigenvalue weighted by atomic mass is 16.6. The SMILES string of the molecule is CC(C)(C(=O)NCc1cccc(-n2cncn2)c1)c1ccc2c(c1)OCCO2. The molecule has 0 bridgehead atoms. The molecular weight excluding hydrogens is 356 g/mol. The summed E-state index contributed by atoms with van der Waals surface area (Å²) in [5.41, 5.74) is 2.06. The molecule has 1 aliphatic heterocycles. The number of carbonyl (C=O) groups is 1. The Labute approximate surface area is 163 Å². The Hall–Kier alpha value is -3.35. The number of carbonyl (C=O) groups excluding carboxylic acids is 1. The van der Waals surface area contributed by atoms with Crippen LogP contribution in [0.5, 0.6) is 11.5 Å². The second-order valence-corrected chi connectivity index (χ2v) is 7.18. The number of benzene rings is 2. The number of rotatable bonds is 5. The van der Waals surface area contributed by atoms with Gasteiger partial charge in [-0.05, 0) is 49.2 Å². The molecule has 1 aromatic heterocycles. The molecule has 0 spiro atoms. The zero-order valence-corrected chi connectivity index (χ0v) is 15.9. The van der Waals surface area contributed by atoms with E-state index in [1.165, 1.54) is 6.33 Å². The fourth-order valence-corrected chi connectivity index (χ4v) is 3.12. The molecule has 144 valence electrons. The summed E-state index contributed by atoms with van der Waals surface area (Å²) in [6, 6.07) is 13.5. The van der Waals surface area contributed by atoms with Gasteiger partial charge in [0.25, 0.3) is 0 Å². The molecule has 2 heterocycles. The van der Waals surface area contributed by atoms with Gasteiger partial charge in [-0.25, -0.2) is 9.67 Å². The molecule has 0 aliphatic carbocycles. The Bertz CT molecular complexity index is 983. The minimum Gasteiger partial charge on any atom is -0.486 e. The number of amides is 1. The first-order valence-corrected chi connectivity index (χ1v) is 9.16. The van der Waals surface area contributed by atoms with Crippen molar-refractivity contribution in [3.63, 3.8) is 0 Å². The predicted octanol–water partition coefficient (Wildman–Crippen LogP) is 2.63. The monoisotopic (exact) mass is 378 g/mol. The summed E-state index contributed by atoms with van der Waals surface area (Å²) in [6.45, 7) is 5.30. The lowest BCUT2D eigenvalue weighted by Crippen LogP contribution is -2.39. The van der Waals surface area contributed by atoms with Crippen LogP contribution in [0.1, 0.15) is 25.0 Å². The van der Waals surface area contributed by atoms with Gasteiger partial charge in [-0.3, -0.25) is 4.79 Å². The van der Waals surface area contributed by atoms with Gasteiger partial charge in [0.1, 0.15) is 25.9 Å². The molecule has 2 aromatic carbocycles. The van der Waals surface area contributed by atoms with E-state index in [9.17, 15) is 4.79 Å². The maximum atomic E-state index is 12.9. The van der Waals surface area contributed by atoms with Crippen molar-refractivity contribution >= 4 is 5.91 Å². The van der Waals surface area contributed by atoms with Gasteiger partial charge >= 0.3 is 0 Å². The van der Waals surface area contributed by atoms with E-state index in [-0.39, 0.29) is 5.91 Å². The van der Waals surface area contributed by atoms with Gasteiger partial charge in [0.05, 0.1) is 11.1 Å². The number of aromatic nitrogens is 3. The standard InChI is InChI=1S/C21H22N4O3/c1-21(2,16-6-7-18-19(11-16)28-9-8-27-18)20(26)23-12-15-4-3-5-17(10-15)25-14-22-13-24-25/h3-7,10-11,13-14H,8-9,12H2,1-2H3,(H,23,26). The summed E-state index contributed by atoms with van der Waals surface area (Å²) in [4.78, 5) is 16.9. The minimum atomic E-state index is -0.709. The fourth-order valence-electron chi connectivity index (χ4n) is 3.12. The van der Waals surface area contributed by atoms with Crippen molar-refractivity contribution < 1.29 is 14.3 Å². The van der Waals surface area contributed by atoms with E-state index in [1.54, 1.807) is 11.0 Å². The normalized spacial score (nSPS) is 13.2. The van der Waals surface area contributed by atoms with Gasteiger partial charge in [0, 0.05) is 6.54 Å². The maximum Gasteiger partial charge on any atom is 0.230 e. The summed E-state index contributed by atoms with van der Waals surface area (Å²) >= 11 is 0. The third-order valence-corrected chi connectivity index (χ3v) is 4.88. The number of hydrogen-bond donors (Lipinski definition) is 1. The second-order valence-electron chi connectivity index (χ2n) is 7.18. The van der Waals surface area contributed by atoms with Crippen LogP contribution < -0.4 is 14.8 Å². The topological polar surface area (TPSA) is 78.3 Å². The molecule has 0 unspecified atom stereocenters. The molecule has 1 amide bonds. The lowest BCUT2D eigenvalue weighted by molar-refractivity contribution is -0.125. The van der Waals surface area contributed by atoms with Gasteiger partial charge in [-0.15, -0.1) is 0 Å². The number of nitrogens with zero attached hydrogens (tertiary/aromatic N) is 3. The van der Waals surface area contributed by atoms with E-state index in [0.717, 1.165) is 22.6 Å². The first-order valence-electron chi connectivity index (χ1n) is 9.16. The highest BCUT2D eigenvalue weighted by Crippen LogP contribution is 2.35. The van der Waals surface area contributed by atoms with Gasteiger partial charge in [0.2, 0.25) is 5.91 Å². The molecule has 0 atom stereocenters. The van der Waals surface area contributed by atoms with Crippen molar-refractivity contribution in [2.45, 2.75) is 25.8 Å². The average molecular weight is 378 g/mol. The summed E-state index contributed by atoms with van der Waals surface area (Å²) in [6.07, 6.45) is 3.13. The summed E-state index contributed by atoms with van der Waals surface area (Å²) in [5, 5.41) is 7.17. The predicted molar refractivity (Wildman–Crippen MR) is 104 cm³/mol. The van der Waals surface area contributed by atoms with Gasteiger partial charge in [-0.2, -0.15) is 5.10 Å². The average Bonchev–Trinajstić information content (AvgIpc) is 3.27. The van der Waals surface area contributed by atoms with Crippen molar-refractivity contribution in [1.29, 1.82) is 0 Å². The minimum absolute atomic E-state index is 0.0599. The zero-order chi connectivity index (χ0) is 19.6. The van der Waals surface area contributed by atoms with Crippen LogP contribution in [0.15, 0.2) is 55.1 Å². The van der Waals surface area contributed by atoms with E-state index in [1.807, 2.05) is 56.3 Å². The molecule has 0 saturated carbocycles. The van der Waals surface area contributed by atoms with Crippen LogP contribution in [0.25, 0.3) is 5.69 Å². The van der Waals surface area contributed by atoms with E-state index in [4.69, 9.17) is 9.47 Å². The highest BCUT2D eigenvalue weighted by Gasteiger charge is 2.31. The zero-order valence-electron chi connectivity index (χ0n) is 15.9. The number of hydrogen-bond acceptors (Lipinski definition) is 5. The summed E-state index contributed by atoms with van der Waals surface area (Å²) < 4.78 is 12.9. The molecule has 1 N–H and O–H groups in total. The van der Waals surface area contributed by atoms with Crippen molar-refractivity contribution in [1.82, 2.24) is 20.1 Å². The van der Waals surface area contributed by atoms with Crippen molar-refractivity contribution in [2.75, 3.05) is 13.2 Å². The van der Waals surface area contributed by atoms with Crippen LogP contribution in [0, 0.1) is 0 Å². The Balaban J connectivity index is 1.46. The number of nitrogens with one attached hydrogen (secondary N) is 1. The third kappa shape index (κ3) is 3.55. The van der Waals surface area contributed by atoms with Crippen LogP contribution in [-0.2, 0) is 16.8 Å². The van der Waals surface area contributed by atoms with E-state index in [0.29, 0.717) is 25.5 Å². The van der Waals surface area contributed by atoms with Gasteiger partial charge < -0.3 is 14.8 Å². The molecule has 0 radical (unpaired) electrons. The van der Waals surface area contributed by atoms with Crippen molar-refractivity contribution in [3.8, 4) is 17.2 Å². The third-order valence-electron chi connectivity index (χ3n) is 4.88. The maximum absolute atomic E-state index is 12.9. The number of fused-ring (bicyclic) bond motifs is 1. The van der Waals surface area contributed by atoms with E-state index < -0.39 is 5.41 Å². The lowest BCUT2D eigenvalue weighted by Gasteiger charge is -2.26. The van der Waals surface area contributed by atoms with Crippen LogP contribution >= 0.6 is 0 Å². The smallest absolute Gasteiger partial charge is 0.230 e. The first-order chi connectivity index (χ1) is 13.5. The Morgan fingerprint density at radius 3 is 2.75 bits per heavy atom. The molecular formula is C21H22N4O3. The Morgan fingerprint density at radius 2 is 1.96 bits per heavy atom.